The predicted octanol–water partition coefficient (Wildman–Crippen LogP) is 8.96. The maximum absolute atomic E-state index is 5.95. The van der Waals surface area contributed by atoms with Gasteiger partial charge in [-0.1, -0.05) is 63.2 Å². The van der Waals surface area contributed by atoms with Gasteiger partial charge in [0.1, 0.15) is 0 Å². The molecule has 2 aromatic carbocycles. The second-order valence-electron chi connectivity index (χ2n) is 10.3. The fraction of sp³-hybridized carbons (Fsp3) is 0.438. The maximum Gasteiger partial charge on any atom is 2.00 e. The van der Waals surface area contributed by atoms with Crippen molar-refractivity contribution >= 4 is 32.2 Å². The molecule has 0 spiro atoms. The molecule has 2 aromatic heterocycles. The zero-order valence-electron chi connectivity index (χ0n) is 22.0. The van der Waals surface area contributed by atoms with Crippen LogP contribution in [0, 0.1) is 0 Å². The van der Waals surface area contributed by atoms with E-state index in [1.54, 1.807) is 18.1 Å². The van der Waals surface area contributed by atoms with Gasteiger partial charge in [0.2, 0.25) is 11.0 Å². The van der Waals surface area contributed by atoms with Crippen molar-refractivity contribution in [2.45, 2.75) is 88.1 Å². The monoisotopic (exact) mass is 574 g/mol. The Morgan fingerprint density at radius 1 is 0.784 bits per heavy atom. The molecule has 5 heteroatoms. The molecule has 37 heavy (non-hydrogen) atoms. The Hall–Kier alpha value is -1.36. The summed E-state index contributed by atoms with van der Waals surface area (Å²) in [5.74, 6) is 0. The first-order valence-corrected chi connectivity index (χ1v) is 16.8. The molecule has 1 atom stereocenters. The molecular formula is C32H40FeO2P2. The molecule has 2 heterocycles. The molecule has 2 fully saturated rings. The van der Waals surface area contributed by atoms with Crippen molar-refractivity contribution in [3.8, 4) is 0 Å². The summed E-state index contributed by atoms with van der Waals surface area (Å²) >= 11 is 0. The van der Waals surface area contributed by atoms with Gasteiger partial charge in [0.05, 0.1) is 0 Å². The summed E-state index contributed by atoms with van der Waals surface area (Å²) in [6.45, 7) is 2.56. The molecule has 2 saturated carbocycles. The second kappa shape index (κ2) is 14.7. The average Bonchev–Trinajstić information content (AvgIpc) is 3.75. The van der Waals surface area contributed by atoms with Crippen LogP contribution in [0.4, 0.5) is 0 Å². The third-order valence-corrected chi connectivity index (χ3v) is 14.1. The van der Waals surface area contributed by atoms with Crippen LogP contribution in [-0.4, -0.2) is 11.3 Å². The van der Waals surface area contributed by atoms with Gasteiger partial charge in [-0.25, -0.2) is 18.2 Å². The van der Waals surface area contributed by atoms with Gasteiger partial charge in [0, 0.05) is 7.92 Å². The third-order valence-electron chi connectivity index (χ3n) is 7.97. The van der Waals surface area contributed by atoms with E-state index in [-0.39, 0.29) is 25.0 Å². The minimum absolute atomic E-state index is 0. The summed E-state index contributed by atoms with van der Waals surface area (Å²) < 4.78 is 11.9. The summed E-state index contributed by atoms with van der Waals surface area (Å²) in [6, 6.07) is 25.3. The normalized spacial score (nSPS) is 17.8. The fourth-order valence-electron chi connectivity index (χ4n) is 6.29. The Morgan fingerprint density at radius 3 is 1.76 bits per heavy atom. The van der Waals surface area contributed by atoms with Crippen molar-refractivity contribution < 1.29 is 25.9 Å². The van der Waals surface area contributed by atoms with Crippen molar-refractivity contribution in [1.29, 1.82) is 0 Å². The first-order valence-electron chi connectivity index (χ1n) is 13.9. The number of furan rings is 2. The molecule has 0 radical (unpaired) electrons. The van der Waals surface area contributed by atoms with E-state index in [2.05, 4.69) is 37.3 Å². The van der Waals surface area contributed by atoms with E-state index in [9.17, 15) is 0 Å². The summed E-state index contributed by atoms with van der Waals surface area (Å²) in [6.07, 6.45) is 18.1. The van der Waals surface area contributed by atoms with Crippen LogP contribution in [0.1, 0.15) is 82.4 Å². The van der Waals surface area contributed by atoms with Gasteiger partial charge in [-0.05, 0) is 37.0 Å². The van der Waals surface area contributed by atoms with Crippen molar-refractivity contribution in [1.82, 2.24) is 0 Å². The van der Waals surface area contributed by atoms with E-state index in [1.807, 2.05) is 42.5 Å². The van der Waals surface area contributed by atoms with Crippen LogP contribution in [0.3, 0.4) is 0 Å². The van der Waals surface area contributed by atoms with Gasteiger partial charge in [0.25, 0.3) is 0 Å². The van der Waals surface area contributed by atoms with Crippen molar-refractivity contribution in [2.24, 2.45) is 0 Å². The SMILES string of the molecule is CC(c1cc[cH-]c1P([c-]1ccc[o+]1)[c-]1ccc[o+]1)P(C1CCCCC1)C1CCCCC1.[Fe+2].c1cc[cH-]c1. The molecule has 0 saturated heterocycles. The van der Waals surface area contributed by atoms with Gasteiger partial charge in [-0.2, -0.15) is 35.9 Å². The van der Waals surface area contributed by atoms with Crippen LogP contribution in [0.25, 0.3) is 0 Å². The minimum atomic E-state index is -0.771. The van der Waals surface area contributed by atoms with Crippen LogP contribution >= 0.6 is 15.8 Å². The quantitative estimate of drug-likeness (QED) is 0.0952. The van der Waals surface area contributed by atoms with E-state index >= 15 is 0 Å². The summed E-state index contributed by atoms with van der Waals surface area (Å²) in [5, 5.41) is 1.45. The first kappa shape index (κ1) is 28.6. The molecule has 2 aliphatic rings. The van der Waals surface area contributed by atoms with E-state index in [1.165, 1.54) is 69.5 Å². The molecule has 1 unspecified atom stereocenters. The summed E-state index contributed by atoms with van der Waals surface area (Å²) in [5.41, 5.74) is 6.24. The van der Waals surface area contributed by atoms with Crippen LogP contribution in [0.2, 0.25) is 0 Å². The number of rotatable bonds is 7. The first-order chi connectivity index (χ1) is 17.8. The smallest absolute Gasteiger partial charge is 0.345 e. The van der Waals surface area contributed by atoms with E-state index < -0.39 is 7.92 Å². The molecule has 0 N–H and O–H groups in total. The third kappa shape index (κ3) is 7.19. The molecule has 198 valence electrons. The Bertz CT molecular complexity index is 1020. The summed E-state index contributed by atoms with van der Waals surface area (Å²) in [4.78, 5) is 0. The van der Waals surface area contributed by atoms with Gasteiger partial charge in [-0.3, -0.25) is 0 Å². The Morgan fingerprint density at radius 2 is 1.32 bits per heavy atom. The predicted molar refractivity (Wildman–Crippen MR) is 156 cm³/mol. The summed E-state index contributed by atoms with van der Waals surface area (Å²) in [7, 11) is -0.786. The fourth-order valence-corrected chi connectivity index (χ4v) is 13.0. The maximum atomic E-state index is 5.95. The molecule has 4 aromatic rings. The molecule has 2 nitrogen and oxygen atoms in total. The Balaban J connectivity index is 0.000000479. The van der Waals surface area contributed by atoms with Gasteiger partial charge >= 0.3 is 17.1 Å². The van der Waals surface area contributed by atoms with E-state index in [0.29, 0.717) is 5.66 Å². The minimum Gasteiger partial charge on any atom is -0.345 e. The van der Waals surface area contributed by atoms with Crippen LogP contribution in [0.15, 0.2) is 94.2 Å². The standard InChI is InChI=1S/C27H35O2P2.C5H5.Fe/c1-21(30(22-11-4-2-5-12-22)23-13-6-3-7-14-23)24-15-8-16-25(24)31(26-17-9-19-28-26)27-18-10-20-29-27;1-2-4-5-3-1;/h8-10,15-23H,2-7,11-14H2,1H3;1-5H;/q2*-1;+2. The molecule has 6 rings (SSSR count). The Kier molecular flexibility index (Phi) is 11.4. The second-order valence-corrected chi connectivity index (χ2v) is 15.4. The molecule has 0 aliphatic heterocycles. The van der Waals surface area contributed by atoms with E-state index in [4.69, 9.17) is 8.83 Å². The van der Waals surface area contributed by atoms with Gasteiger partial charge < -0.3 is 8.83 Å². The molecule has 0 bridgehead atoms. The van der Waals surface area contributed by atoms with Crippen molar-refractivity contribution in [3.05, 3.63) is 90.9 Å². The number of hydrogen-bond donors (Lipinski definition) is 0. The van der Waals surface area contributed by atoms with E-state index in [0.717, 1.165) is 22.3 Å². The Labute approximate surface area is 236 Å². The molecule has 0 amide bonds. The topological polar surface area (TPSA) is 22.6 Å². The van der Waals surface area contributed by atoms with Crippen LogP contribution in [0.5, 0.6) is 0 Å². The molecule has 2 aliphatic carbocycles. The molecular weight excluding hydrogens is 534 g/mol. The van der Waals surface area contributed by atoms with Gasteiger partial charge in [-0.15, -0.1) is 25.4 Å². The zero-order chi connectivity index (χ0) is 24.6. The van der Waals surface area contributed by atoms with Crippen LogP contribution < -0.4 is 16.3 Å². The van der Waals surface area contributed by atoms with Crippen LogP contribution in [-0.2, 0) is 17.1 Å². The van der Waals surface area contributed by atoms with Gasteiger partial charge in [0.15, 0.2) is 12.5 Å². The van der Waals surface area contributed by atoms with Crippen molar-refractivity contribution in [3.63, 3.8) is 0 Å². The number of hydrogen-bond acceptors (Lipinski definition) is 0. The largest absolute Gasteiger partial charge is 2.00 e. The average molecular weight is 574 g/mol. The van der Waals surface area contributed by atoms with Crippen molar-refractivity contribution in [2.75, 3.05) is 0 Å². The zero-order valence-corrected chi connectivity index (χ0v) is 24.8.